The molecule has 4 rings (SSSR count). The van der Waals surface area contributed by atoms with E-state index in [4.69, 9.17) is 10.2 Å². The lowest BCUT2D eigenvalue weighted by molar-refractivity contribution is -0.113. The minimum absolute atomic E-state index is 0.105. The summed E-state index contributed by atoms with van der Waals surface area (Å²) in [4.78, 5) is 31.9. The highest BCUT2D eigenvalue weighted by Gasteiger charge is 2.18. The molecule has 3 aromatic heterocycles. The number of nitrogens with two attached hydrogens (primary N) is 1. The molecule has 0 aliphatic rings. The van der Waals surface area contributed by atoms with Gasteiger partial charge in [-0.1, -0.05) is 11.8 Å². The Morgan fingerprint density at radius 2 is 1.97 bits per heavy atom. The molecule has 11 heteroatoms. The number of anilines is 1. The number of aromatic nitrogens is 5. The number of benzene rings is 1. The van der Waals surface area contributed by atoms with Gasteiger partial charge in [-0.3, -0.25) is 19.1 Å². The summed E-state index contributed by atoms with van der Waals surface area (Å²) in [5, 5.41) is 11.8. The highest BCUT2D eigenvalue weighted by Crippen LogP contribution is 2.24. The number of hydrogen-bond acceptors (Lipinski definition) is 8. The van der Waals surface area contributed by atoms with E-state index in [1.54, 1.807) is 55.2 Å². The van der Waals surface area contributed by atoms with Crippen molar-refractivity contribution in [3.05, 3.63) is 72.6 Å². The first-order valence-corrected chi connectivity index (χ1v) is 10.1. The fourth-order valence-corrected chi connectivity index (χ4v) is 3.48. The van der Waals surface area contributed by atoms with E-state index in [1.807, 2.05) is 10.6 Å². The van der Waals surface area contributed by atoms with Crippen LogP contribution in [-0.4, -0.2) is 42.3 Å². The Bertz CT molecular complexity index is 1180. The van der Waals surface area contributed by atoms with Crippen molar-refractivity contribution in [3.63, 3.8) is 0 Å². The van der Waals surface area contributed by atoms with E-state index in [0.717, 1.165) is 0 Å². The molecule has 4 aromatic rings. The highest BCUT2D eigenvalue weighted by molar-refractivity contribution is 7.99. The number of rotatable bonds is 8. The molecule has 0 spiro atoms. The zero-order chi connectivity index (χ0) is 21.6. The quantitative estimate of drug-likeness (QED) is 0.401. The highest BCUT2D eigenvalue weighted by atomic mass is 32.2. The molecule has 3 N–H and O–H groups in total. The van der Waals surface area contributed by atoms with Gasteiger partial charge in [0.25, 0.3) is 0 Å². The Morgan fingerprint density at radius 1 is 1.13 bits per heavy atom. The number of nitrogens with zero attached hydrogens (tertiary/aromatic N) is 5. The van der Waals surface area contributed by atoms with Crippen molar-refractivity contribution in [3.8, 4) is 11.5 Å². The summed E-state index contributed by atoms with van der Waals surface area (Å²) in [6.07, 6.45) is 6.34. The predicted octanol–water partition coefficient (Wildman–Crippen LogP) is 2.21. The normalized spacial score (nSPS) is 10.7. The van der Waals surface area contributed by atoms with E-state index in [2.05, 4.69) is 25.5 Å². The lowest BCUT2D eigenvalue weighted by Gasteiger charge is -2.09. The summed E-state index contributed by atoms with van der Waals surface area (Å²) in [7, 11) is 0. The SMILES string of the molecule is NC(=O)c1ccc(NC(=O)CSc2nnc(-c3cnccn3)n2Cc2ccco2)cc1. The van der Waals surface area contributed by atoms with Crippen LogP contribution in [0.15, 0.2) is 70.8 Å². The van der Waals surface area contributed by atoms with Crippen molar-refractivity contribution in [1.82, 2.24) is 24.7 Å². The maximum Gasteiger partial charge on any atom is 0.248 e. The molecule has 0 unspecified atom stereocenters. The Kier molecular flexibility index (Phi) is 6.03. The van der Waals surface area contributed by atoms with Gasteiger partial charge in [0.2, 0.25) is 11.8 Å². The Hall–Kier alpha value is -3.99. The van der Waals surface area contributed by atoms with Crippen molar-refractivity contribution in [1.29, 1.82) is 0 Å². The number of primary amides is 1. The van der Waals surface area contributed by atoms with Crippen LogP contribution in [0.2, 0.25) is 0 Å². The largest absolute Gasteiger partial charge is 0.467 e. The van der Waals surface area contributed by atoms with Crippen molar-refractivity contribution in [2.24, 2.45) is 5.73 Å². The number of carbonyl (C=O) groups is 2. The second-order valence-corrected chi connectivity index (χ2v) is 7.28. The summed E-state index contributed by atoms with van der Waals surface area (Å²) >= 11 is 1.23. The van der Waals surface area contributed by atoms with Gasteiger partial charge in [0, 0.05) is 23.6 Å². The average Bonchev–Trinajstić information content (AvgIpc) is 3.44. The molecule has 1 aromatic carbocycles. The second kappa shape index (κ2) is 9.22. The monoisotopic (exact) mass is 435 g/mol. The van der Waals surface area contributed by atoms with Gasteiger partial charge in [-0.2, -0.15) is 0 Å². The van der Waals surface area contributed by atoms with Crippen LogP contribution in [0.25, 0.3) is 11.5 Å². The summed E-state index contributed by atoms with van der Waals surface area (Å²) in [5.41, 5.74) is 6.72. The Balaban J connectivity index is 1.48. The first-order valence-electron chi connectivity index (χ1n) is 9.14. The molecule has 3 heterocycles. The molecule has 31 heavy (non-hydrogen) atoms. The number of amides is 2. The average molecular weight is 435 g/mol. The first kappa shape index (κ1) is 20.3. The molecule has 0 saturated carbocycles. The van der Waals surface area contributed by atoms with Crippen molar-refractivity contribution < 1.29 is 14.0 Å². The van der Waals surface area contributed by atoms with Crippen LogP contribution in [0.5, 0.6) is 0 Å². The van der Waals surface area contributed by atoms with Crippen molar-refractivity contribution in [2.75, 3.05) is 11.1 Å². The predicted molar refractivity (Wildman–Crippen MR) is 113 cm³/mol. The summed E-state index contributed by atoms with van der Waals surface area (Å²) in [5.74, 6) is 0.586. The fraction of sp³-hybridized carbons (Fsp3) is 0.100. The van der Waals surface area contributed by atoms with Crippen LogP contribution in [-0.2, 0) is 11.3 Å². The molecule has 156 valence electrons. The van der Waals surface area contributed by atoms with Gasteiger partial charge >= 0.3 is 0 Å². The van der Waals surface area contributed by atoms with Crippen LogP contribution in [0, 0.1) is 0 Å². The third kappa shape index (κ3) is 4.95. The van der Waals surface area contributed by atoms with E-state index in [1.165, 1.54) is 11.8 Å². The number of thioether (sulfide) groups is 1. The van der Waals surface area contributed by atoms with Crippen LogP contribution >= 0.6 is 11.8 Å². The summed E-state index contributed by atoms with van der Waals surface area (Å²) < 4.78 is 7.27. The van der Waals surface area contributed by atoms with Crippen LogP contribution in [0.1, 0.15) is 16.1 Å². The maximum absolute atomic E-state index is 12.4. The van der Waals surface area contributed by atoms with E-state index < -0.39 is 5.91 Å². The van der Waals surface area contributed by atoms with E-state index in [9.17, 15) is 9.59 Å². The van der Waals surface area contributed by atoms with Gasteiger partial charge in [0.15, 0.2) is 11.0 Å². The van der Waals surface area contributed by atoms with Gasteiger partial charge in [0.1, 0.15) is 11.5 Å². The Morgan fingerprint density at radius 3 is 2.65 bits per heavy atom. The van der Waals surface area contributed by atoms with Crippen LogP contribution in [0.4, 0.5) is 5.69 Å². The second-order valence-electron chi connectivity index (χ2n) is 6.34. The van der Waals surface area contributed by atoms with Gasteiger partial charge in [-0.15, -0.1) is 10.2 Å². The van der Waals surface area contributed by atoms with Gasteiger partial charge in [-0.05, 0) is 36.4 Å². The number of nitrogens with one attached hydrogen (secondary N) is 1. The van der Waals surface area contributed by atoms with E-state index in [0.29, 0.717) is 40.2 Å². The fourth-order valence-electron chi connectivity index (χ4n) is 2.75. The number of carbonyl (C=O) groups excluding carboxylic acids is 2. The molecule has 0 atom stereocenters. The minimum Gasteiger partial charge on any atom is -0.467 e. The molecule has 0 radical (unpaired) electrons. The van der Waals surface area contributed by atoms with Gasteiger partial charge in [0.05, 0.1) is 24.8 Å². The van der Waals surface area contributed by atoms with Crippen molar-refractivity contribution in [2.45, 2.75) is 11.7 Å². The van der Waals surface area contributed by atoms with Crippen LogP contribution in [0.3, 0.4) is 0 Å². The molecule has 0 saturated heterocycles. The molecule has 10 nitrogen and oxygen atoms in total. The summed E-state index contributed by atoms with van der Waals surface area (Å²) in [6, 6.07) is 9.99. The van der Waals surface area contributed by atoms with Gasteiger partial charge in [-0.25, -0.2) is 4.98 Å². The molecule has 0 aliphatic carbocycles. The topological polar surface area (TPSA) is 142 Å². The van der Waals surface area contributed by atoms with Gasteiger partial charge < -0.3 is 15.5 Å². The first-order chi connectivity index (χ1) is 15.1. The maximum atomic E-state index is 12.4. The zero-order valence-electron chi connectivity index (χ0n) is 16.1. The van der Waals surface area contributed by atoms with Crippen LogP contribution < -0.4 is 11.1 Å². The molecule has 2 amide bonds. The van der Waals surface area contributed by atoms with E-state index >= 15 is 0 Å². The Labute approximate surface area is 180 Å². The standard InChI is InChI=1S/C20H17N7O3S/c21-18(29)13-3-5-14(6-4-13)24-17(28)12-31-20-26-25-19(16-10-22-7-8-23-16)27(20)11-15-2-1-9-30-15/h1-10H,11-12H2,(H2,21,29)(H,24,28). The molecule has 0 bridgehead atoms. The molecular weight excluding hydrogens is 418 g/mol. The molecule has 0 aliphatic heterocycles. The lowest BCUT2D eigenvalue weighted by atomic mass is 10.2. The number of hydrogen-bond donors (Lipinski definition) is 2. The van der Waals surface area contributed by atoms with E-state index in [-0.39, 0.29) is 11.7 Å². The summed E-state index contributed by atoms with van der Waals surface area (Å²) in [6.45, 7) is 0.379. The zero-order valence-corrected chi connectivity index (χ0v) is 17.0. The third-order valence-corrected chi connectivity index (χ3v) is 5.16. The molecular formula is C20H17N7O3S. The third-order valence-electron chi connectivity index (χ3n) is 4.19. The molecule has 0 fully saturated rings. The number of furan rings is 1. The smallest absolute Gasteiger partial charge is 0.248 e. The lowest BCUT2D eigenvalue weighted by Crippen LogP contribution is -2.15. The minimum atomic E-state index is -0.525. The van der Waals surface area contributed by atoms with Crippen molar-refractivity contribution >= 4 is 29.3 Å².